The molecule has 3 N–H and O–H groups in total. The molecule has 0 heterocycles. The van der Waals surface area contributed by atoms with E-state index in [1.54, 1.807) is 0 Å². The van der Waals surface area contributed by atoms with Crippen LogP contribution in [0.3, 0.4) is 0 Å². The largest absolute Gasteiger partial charge is 0.271 e. The molecule has 0 aromatic rings. The van der Waals surface area contributed by atoms with Gasteiger partial charge in [0.25, 0.3) is 0 Å². The van der Waals surface area contributed by atoms with E-state index in [0.717, 1.165) is 5.25 Å². The van der Waals surface area contributed by atoms with Crippen LogP contribution in [0.5, 0.6) is 0 Å². The van der Waals surface area contributed by atoms with Gasteiger partial charge >= 0.3 is 0 Å². The number of nitrogens with two attached hydrogens (primary N) is 1. The van der Waals surface area contributed by atoms with Crippen LogP contribution in [-0.2, 0) is 0 Å². The molecule has 1 saturated carbocycles. The first-order valence-electron chi connectivity index (χ1n) is 6.44. The van der Waals surface area contributed by atoms with Crippen LogP contribution in [-0.4, -0.2) is 17.0 Å². The number of thioether (sulfide) groups is 1. The van der Waals surface area contributed by atoms with Gasteiger partial charge in [0.05, 0.1) is 0 Å². The van der Waals surface area contributed by atoms with E-state index in [1.807, 2.05) is 0 Å². The van der Waals surface area contributed by atoms with Crippen molar-refractivity contribution in [3.8, 4) is 0 Å². The smallest absolute Gasteiger partial charge is 0.0301 e. The van der Waals surface area contributed by atoms with Crippen LogP contribution < -0.4 is 11.3 Å². The topological polar surface area (TPSA) is 38.0 Å². The van der Waals surface area contributed by atoms with Gasteiger partial charge in [0, 0.05) is 17.0 Å². The molecule has 0 aromatic carbocycles. The minimum absolute atomic E-state index is 0.525. The predicted molar refractivity (Wildman–Crippen MR) is 70.0 cm³/mol. The highest BCUT2D eigenvalue weighted by Gasteiger charge is 2.15. The summed E-state index contributed by atoms with van der Waals surface area (Å²) in [7, 11) is 0. The Balaban J connectivity index is 2.09. The van der Waals surface area contributed by atoms with Crippen LogP contribution in [0.15, 0.2) is 0 Å². The maximum absolute atomic E-state index is 5.57. The fourth-order valence-corrected chi connectivity index (χ4v) is 3.58. The number of unbranched alkanes of at least 4 members (excludes halogenated alkanes) is 1. The van der Waals surface area contributed by atoms with E-state index in [9.17, 15) is 0 Å². The Morgan fingerprint density at radius 2 is 2.07 bits per heavy atom. The van der Waals surface area contributed by atoms with Crippen molar-refractivity contribution in [2.24, 2.45) is 5.84 Å². The maximum Gasteiger partial charge on any atom is 0.0301 e. The van der Waals surface area contributed by atoms with E-state index in [1.165, 1.54) is 57.1 Å². The molecule has 1 unspecified atom stereocenters. The number of rotatable bonds is 7. The SMILES string of the molecule is CCCCC(CSC1CCCCC1)NN. The van der Waals surface area contributed by atoms with Gasteiger partial charge < -0.3 is 0 Å². The molecular formula is C12H26N2S. The summed E-state index contributed by atoms with van der Waals surface area (Å²) < 4.78 is 0. The summed E-state index contributed by atoms with van der Waals surface area (Å²) in [5, 5.41) is 0.913. The van der Waals surface area contributed by atoms with Crippen molar-refractivity contribution in [1.82, 2.24) is 5.43 Å². The molecule has 2 nitrogen and oxygen atoms in total. The number of nitrogens with one attached hydrogen (secondary N) is 1. The lowest BCUT2D eigenvalue weighted by molar-refractivity contribution is 0.502. The highest BCUT2D eigenvalue weighted by Crippen LogP contribution is 2.28. The van der Waals surface area contributed by atoms with Gasteiger partial charge in [-0.3, -0.25) is 11.3 Å². The second kappa shape index (κ2) is 8.43. The molecule has 1 aliphatic rings. The predicted octanol–water partition coefficient (Wildman–Crippen LogP) is 3.07. The van der Waals surface area contributed by atoms with E-state index >= 15 is 0 Å². The van der Waals surface area contributed by atoms with Crippen LogP contribution in [0.2, 0.25) is 0 Å². The van der Waals surface area contributed by atoms with Gasteiger partial charge in [-0.2, -0.15) is 11.8 Å². The highest BCUT2D eigenvalue weighted by atomic mass is 32.2. The van der Waals surface area contributed by atoms with Crippen molar-refractivity contribution in [1.29, 1.82) is 0 Å². The second-order valence-corrected chi connectivity index (χ2v) is 5.93. The van der Waals surface area contributed by atoms with E-state index in [2.05, 4.69) is 24.1 Å². The Kier molecular flexibility index (Phi) is 7.49. The van der Waals surface area contributed by atoms with Gasteiger partial charge in [0.2, 0.25) is 0 Å². The Labute approximate surface area is 98.7 Å². The van der Waals surface area contributed by atoms with E-state index in [-0.39, 0.29) is 0 Å². The van der Waals surface area contributed by atoms with Gasteiger partial charge in [-0.05, 0) is 19.3 Å². The van der Waals surface area contributed by atoms with Gasteiger partial charge in [0.15, 0.2) is 0 Å². The molecule has 0 spiro atoms. The van der Waals surface area contributed by atoms with Crippen LogP contribution in [0.25, 0.3) is 0 Å². The van der Waals surface area contributed by atoms with Crippen LogP contribution in [0.4, 0.5) is 0 Å². The summed E-state index contributed by atoms with van der Waals surface area (Å²) in [6.45, 7) is 2.24. The number of hydrazine groups is 1. The van der Waals surface area contributed by atoms with Crippen molar-refractivity contribution >= 4 is 11.8 Å². The molecular weight excluding hydrogens is 204 g/mol. The van der Waals surface area contributed by atoms with Crippen LogP contribution in [0, 0.1) is 0 Å². The maximum atomic E-state index is 5.57. The lowest BCUT2D eigenvalue weighted by Crippen LogP contribution is -2.37. The summed E-state index contributed by atoms with van der Waals surface area (Å²) in [4.78, 5) is 0. The van der Waals surface area contributed by atoms with Crippen molar-refractivity contribution in [3.05, 3.63) is 0 Å². The zero-order valence-electron chi connectivity index (χ0n) is 10.0. The molecule has 0 aromatic heterocycles. The highest BCUT2D eigenvalue weighted by molar-refractivity contribution is 7.99. The lowest BCUT2D eigenvalue weighted by Gasteiger charge is -2.23. The molecule has 1 rings (SSSR count). The molecule has 90 valence electrons. The average Bonchev–Trinajstić information content (AvgIpc) is 2.31. The zero-order chi connectivity index (χ0) is 10.9. The molecule has 0 amide bonds. The first-order valence-corrected chi connectivity index (χ1v) is 7.49. The molecule has 0 radical (unpaired) electrons. The zero-order valence-corrected chi connectivity index (χ0v) is 10.8. The molecule has 0 saturated heterocycles. The molecule has 0 aliphatic heterocycles. The lowest BCUT2D eigenvalue weighted by atomic mass is 10.0. The summed E-state index contributed by atoms with van der Waals surface area (Å²) in [6, 6.07) is 0.525. The Hall–Kier alpha value is 0.270. The summed E-state index contributed by atoms with van der Waals surface area (Å²) in [5.74, 6) is 6.76. The molecule has 0 bridgehead atoms. The standard InChI is InChI=1S/C12H26N2S/c1-2-3-7-11(14-13)10-15-12-8-5-4-6-9-12/h11-12,14H,2-10,13H2,1H3. The fourth-order valence-electron chi connectivity index (χ4n) is 2.15. The van der Waals surface area contributed by atoms with E-state index in [0.29, 0.717) is 6.04 Å². The number of hydrogen-bond acceptors (Lipinski definition) is 3. The first kappa shape index (κ1) is 13.3. The fraction of sp³-hybridized carbons (Fsp3) is 1.00. The third-order valence-electron chi connectivity index (χ3n) is 3.23. The van der Waals surface area contributed by atoms with Gasteiger partial charge in [-0.25, -0.2) is 0 Å². The molecule has 1 atom stereocenters. The average molecular weight is 230 g/mol. The monoisotopic (exact) mass is 230 g/mol. The van der Waals surface area contributed by atoms with Gasteiger partial charge in [0.1, 0.15) is 0 Å². The minimum atomic E-state index is 0.525. The van der Waals surface area contributed by atoms with Crippen molar-refractivity contribution in [2.45, 2.75) is 69.6 Å². The normalized spacial score (nSPS) is 20.4. The number of hydrogen-bond donors (Lipinski definition) is 2. The molecule has 1 fully saturated rings. The molecule has 1 aliphatic carbocycles. The summed E-state index contributed by atoms with van der Waals surface area (Å²) in [6.07, 6.45) is 11.0. The first-order chi connectivity index (χ1) is 7.36. The third-order valence-corrected chi connectivity index (χ3v) is 4.76. The van der Waals surface area contributed by atoms with Gasteiger partial charge in [-0.15, -0.1) is 0 Å². The minimum Gasteiger partial charge on any atom is -0.271 e. The van der Waals surface area contributed by atoms with Crippen LogP contribution >= 0.6 is 11.8 Å². The Morgan fingerprint density at radius 3 is 2.67 bits per heavy atom. The Bertz CT molecular complexity index is 147. The van der Waals surface area contributed by atoms with Gasteiger partial charge in [-0.1, -0.05) is 39.0 Å². The van der Waals surface area contributed by atoms with Crippen molar-refractivity contribution in [2.75, 3.05) is 5.75 Å². The summed E-state index contributed by atoms with van der Waals surface area (Å²) in [5.41, 5.74) is 2.96. The third kappa shape index (κ3) is 5.79. The quantitative estimate of drug-likeness (QED) is 0.521. The molecule has 15 heavy (non-hydrogen) atoms. The van der Waals surface area contributed by atoms with E-state index < -0.39 is 0 Å². The molecule has 3 heteroatoms. The van der Waals surface area contributed by atoms with Crippen molar-refractivity contribution in [3.63, 3.8) is 0 Å². The second-order valence-electron chi connectivity index (χ2n) is 4.60. The Morgan fingerprint density at radius 1 is 1.33 bits per heavy atom. The van der Waals surface area contributed by atoms with Crippen LogP contribution in [0.1, 0.15) is 58.3 Å². The van der Waals surface area contributed by atoms with E-state index in [4.69, 9.17) is 5.84 Å². The summed E-state index contributed by atoms with van der Waals surface area (Å²) >= 11 is 2.14. The van der Waals surface area contributed by atoms with Crippen molar-refractivity contribution < 1.29 is 0 Å².